The lowest BCUT2D eigenvalue weighted by molar-refractivity contribution is -0.126. The van der Waals surface area contributed by atoms with Crippen molar-refractivity contribution in [3.05, 3.63) is 21.3 Å². The summed E-state index contributed by atoms with van der Waals surface area (Å²) >= 11 is 7.25. The van der Waals surface area contributed by atoms with Crippen molar-refractivity contribution in [3.8, 4) is 0 Å². The molecule has 0 radical (unpaired) electrons. The van der Waals surface area contributed by atoms with Crippen molar-refractivity contribution < 1.29 is 4.79 Å². The van der Waals surface area contributed by atoms with Crippen LogP contribution in [0, 0.1) is 0 Å². The first-order valence-electron chi connectivity index (χ1n) is 4.21. The van der Waals surface area contributed by atoms with Crippen LogP contribution >= 0.6 is 22.9 Å². The number of nitrogens with one attached hydrogen (secondary N) is 2. The molecule has 1 aromatic rings. The fourth-order valence-electron chi connectivity index (χ4n) is 1.03. The monoisotopic (exact) mass is 232 g/mol. The van der Waals surface area contributed by atoms with Crippen LogP contribution in [0.3, 0.4) is 0 Å². The Morgan fingerprint density at radius 3 is 2.57 bits per heavy atom. The number of amides is 1. The van der Waals surface area contributed by atoms with Crippen LogP contribution in [0.1, 0.15) is 18.7 Å². The molecule has 14 heavy (non-hydrogen) atoms. The zero-order chi connectivity index (χ0) is 10.8. The van der Waals surface area contributed by atoms with Gasteiger partial charge in [0.25, 0.3) is 0 Å². The molecule has 2 N–H and O–H groups in total. The zero-order valence-electron chi connectivity index (χ0n) is 8.35. The van der Waals surface area contributed by atoms with Gasteiger partial charge in [-0.2, -0.15) is 0 Å². The highest BCUT2D eigenvalue weighted by atomic mass is 35.5. The molecule has 0 aliphatic heterocycles. The van der Waals surface area contributed by atoms with Crippen LogP contribution < -0.4 is 10.9 Å². The van der Waals surface area contributed by atoms with Gasteiger partial charge in [-0.25, -0.2) is 5.43 Å². The third-order valence-corrected chi connectivity index (χ3v) is 3.55. The van der Waals surface area contributed by atoms with Crippen molar-refractivity contribution in [2.45, 2.75) is 19.3 Å². The maximum absolute atomic E-state index is 11.7. The number of thiophene rings is 1. The summed E-state index contributed by atoms with van der Waals surface area (Å²) in [5, 5.41) is 0. The third-order valence-electron chi connectivity index (χ3n) is 2.00. The van der Waals surface area contributed by atoms with E-state index >= 15 is 0 Å². The number of hydrogen-bond acceptors (Lipinski definition) is 3. The first-order valence-corrected chi connectivity index (χ1v) is 5.41. The highest BCUT2D eigenvalue weighted by Crippen LogP contribution is 2.32. The SMILES string of the molecule is CNNC(=O)C(C)(C)c1ccc(Cl)s1. The lowest BCUT2D eigenvalue weighted by Gasteiger charge is -2.21. The number of rotatable bonds is 3. The van der Waals surface area contributed by atoms with Gasteiger partial charge < -0.3 is 0 Å². The largest absolute Gasteiger partial charge is 0.291 e. The second-order valence-electron chi connectivity index (χ2n) is 3.43. The van der Waals surface area contributed by atoms with Gasteiger partial charge in [-0.15, -0.1) is 11.3 Å². The Bertz CT molecular complexity index is 335. The van der Waals surface area contributed by atoms with Crippen molar-refractivity contribution >= 4 is 28.8 Å². The van der Waals surface area contributed by atoms with Gasteiger partial charge in [-0.05, 0) is 26.0 Å². The number of carbonyl (C=O) groups is 1. The molecule has 0 unspecified atom stereocenters. The molecule has 3 nitrogen and oxygen atoms in total. The van der Waals surface area contributed by atoms with Crippen LogP contribution in [0.25, 0.3) is 0 Å². The molecule has 1 aromatic heterocycles. The molecule has 0 bridgehead atoms. The van der Waals surface area contributed by atoms with Gasteiger partial charge in [-0.3, -0.25) is 10.2 Å². The molecule has 78 valence electrons. The van der Waals surface area contributed by atoms with Crippen LogP contribution in [0.2, 0.25) is 4.34 Å². The van der Waals surface area contributed by atoms with Gasteiger partial charge in [0.2, 0.25) is 5.91 Å². The molecule has 1 rings (SSSR count). The van der Waals surface area contributed by atoms with Crippen LogP contribution in [0.4, 0.5) is 0 Å². The lowest BCUT2D eigenvalue weighted by Crippen LogP contribution is -2.45. The Morgan fingerprint density at radius 2 is 2.14 bits per heavy atom. The van der Waals surface area contributed by atoms with E-state index in [4.69, 9.17) is 11.6 Å². The van der Waals surface area contributed by atoms with Crippen molar-refractivity contribution in [2.75, 3.05) is 7.05 Å². The Kier molecular flexibility index (Phi) is 3.53. The Labute approximate surface area is 92.4 Å². The molecule has 0 aliphatic carbocycles. The minimum atomic E-state index is -0.555. The van der Waals surface area contributed by atoms with Gasteiger partial charge in [0.1, 0.15) is 0 Å². The molecule has 5 heteroatoms. The Hall–Kier alpha value is -0.580. The fourth-order valence-corrected chi connectivity index (χ4v) is 2.17. The third kappa shape index (κ3) is 2.26. The first kappa shape index (κ1) is 11.5. The summed E-state index contributed by atoms with van der Waals surface area (Å²) in [6, 6.07) is 3.68. The van der Waals surface area contributed by atoms with E-state index in [9.17, 15) is 4.79 Å². The molecule has 0 aromatic carbocycles. The van der Waals surface area contributed by atoms with E-state index in [0.717, 1.165) is 4.88 Å². The van der Waals surface area contributed by atoms with E-state index < -0.39 is 5.41 Å². The van der Waals surface area contributed by atoms with E-state index in [1.54, 1.807) is 13.1 Å². The quantitative estimate of drug-likeness (QED) is 0.782. The van der Waals surface area contributed by atoms with E-state index in [-0.39, 0.29) is 5.91 Å². The number of hydrogen-bond donors (Lipinski definition) is 2. The normalized spacial score (nSPS) is 11.4. The minimum Gasteiger partial charge on any atom is -0.291 e. The van der Waals surface area contributed by atoms with Crippen molar-refractivity contribution in [1.29, 1.82) is 0 Å². The smallest absolute Gasteiger partial charge is 0.244 e. The van der Waals surface area contributed by atoms with E-state index in [2.05, 4.69) is 10.9 Å². The number of carbonyl (C=O) groups excluding carboxylic acids is 1. The molecule has 0 saturated carbocycles. The van der Waals surface area contributed by atoms with Crippen LogP contribution in [0.5, 0.6) is 0 Å². The maximum Gasteiger partial charge on any atom is 0.244 e. The predicted molar refractivity (Wildman–Crippen MR) is 59.6 cm³/mol. The summed E-state index contributed by atoms with van der Waals surface area (Å²) in [7, 11) is 1.66. The lowest BCUT2D eigenvalue weighted by atomic mass is 9.91. The summed E-state index contributed by atoms with van der Waals surface area (Å²) < 4.78 is 0.699. The standard InChI is InChI=1S/C9H13ClN2OS/c1-9(2,8(13)12-11-3)6-4-5-7(10)14-6/h4-5,11H,1-3H3,(H,12,13). The van der Waals surface area contributed by atoms with Gasteiger partial charge in [0, 0.05) is 11.9 Å². The van der Waals surface area contributed by atoms with Gasteiger partial charge in [-0.1, -0.05) is 11.6 Å². The number of halogens is 1. The van der Waals surface area contributed by atoms with Gasteiger partial charge in [0.15, 0.2) is 0 Å². The van der Waals surface area contributed by atoms with Gasteiger partial charge >= 0.3 is 0 Å². The van der Waals surface area contributed by atoms with Crippen LogP contribution in [0.15, 0.2) is 12.1 Å². The minimum absolute atomic E-state index is 0.0708. The number of hydrazine groups is 1. The molecule has 0 aliphatic rings. The molecule has 0 fully saturated rings. The Balaban J connectivity index is 2.89. The van der Waals surface area contributed by atoms with Crippen molar-refractivity contribution in [3.63, 3.8) is 0 Å². The summed E-state index contributed by atoms with van der Waals surface area (Å²) in [5.74, 6) is -0.0708. The molecular weight excluding hydrogens is 220 g/mol. The van der Waals surface area contributed by atoms with E-state index in [0.29, 0.717) is 4.34 Å². The van der Waals surface area contributed by atoms with Gasteiger partial charge in [0.05, 0.1) is 9.75 Å². The first-order chi connectivity index (χ1) is 6.48. The van der Waals surface area contributed by atoms with E-state index in [1.807, 2.05) is 19.9 Å². The van der Waals surface area contributed by atoms with E-state index in [1.165, 1.54) is 11.3 Å². The molecular formula is C9H13ClN2OS. The highest BCUT2D eigenvalue weighted by Gasteiger charge is 2.30. The predicted octanol–water partition coefficient (Wildman–Crippen LogP) is 1.93. The average Bonchev–Trinajstić information content (AvgIpc) is 2.52. The van der Waals surface area contributed by atoms with Crippen LogP contribution in [-0.2, 0) is 10.2 Å². The zero-order valence-corrected chi connectivity index (χ0v) is 9.92. The maximum atomic E-state index is 11.7. The molecule has 0 spiro atoms. The van der Waals surface area contributed by atoms with Crippen LogP contribution in [-0.4, -0.2) is 13.0 Å². The summed E-state index contributed by atoms with van der Waals surface area (Å²) in [4.78, 5) is 12.6. The highest BCUT2D eigenvalue weighted by molar-refractivity contribution is 7.16. The summed E-state index contributed by atoms with van der Waals surface area (Å²) in [5.41, 5.74) is 4.64. The topological polar surface area (TPSA) is 41.1 Å². The molecule has 1 heterocycles. The second kappa shape index (κ2) is 4.29. The van der Waals surface area contributed by atoms with Crippen molar-refractivity contribution in [2.24, 2.45) is 0 Å². The fraction of sp³-hybridized carbons (Fsp3) is 0.444. The summed E-state index contributed by atoms with van der Waals surface area (Å²) in [6.45, 7) is 3.73. The Morgan fingerprint density at radius 1 is 1.50 bits per heavy atom. The molecule has 0 atom stereocenters. The second-order valence-corrected chi connectivity index (χ2v) is 5.15. The molecule has 0 saturated heterocycles. The molecule has 1 amide bonds. The average molecular weight is 233 g/mol. The summed E-state index contributed by atoms with van der Waals surface area (Å²) in [6.07, 6.45) is 0. The van der Waals surface area contributed by atoms with Crippen molar-refractivity contribution in [1.82, 2.24) is 10.9 Å².